The first-order valence-corrected chi connectivity index (χ1v) is 6.10. The summed E-state index contributed by atoms with van der Waals surface area (Å²) in [6, 6.07) is 9.64. The van der Waals surface area contributed by atoms with Crippen LogP contribution in [0.25, 0.3) is 10.9 Å². The van der Waals surface area contributed by atoms with Crippen molar-refractivity contribution < 1.29 is 4.79 Å². The summed E-state index contributed by atoms with van der Waals surface area (Å²) in [4.78, 5) is 16.5. The van der Waals surface area contributed by atoms with Gasteiger partial charge in [-0.2, -0.15) is 5.10 Å². The average Bonchev–Trinajstić information content (AvgIpc) is 2.92. The molecule has 2 aromatic heterocycles. The Morgan fingerprint density at radius 3 is 3.00 bits per heavy atom. The van der Waals surface area contributed by atoms with Crippen molar-refractivity contribution >= 4 is 16.7 Å². The molecule has 94 valence electrons. The lowest BCUT2D eigenvalue weighted by atomic mass is 10.1. The van der Waals surface area contributed by atoms with Crippen LogP contribution in [-0.2, 0) is 6.54 Å². The molecule has 3 rings (SSSR count). The number of rotatable bonds is 3. The number of nitrogens with zero attached hydrogens (tertiary/aromatic N) is 3. The molecule has 2 heterocycles. The Morgan fingerprint density at radius 2 is 2.21 bits per heavy atom. The largest absolute Gasteiger partial charge is 0.292 e. The fourth-order valence-corrected chi connectivity index (χ4v) is 2.08. The Hall–Kier alpha value is -2.49. The number of aromatic nitrogens is 3. The number of fused-ring (bicyclic) bond motifs is 1. The minimum Gasteiger partial charge on any atom is -0.292 e. The molecule has 0 aliphatic heterocycles. The summed E-state index contributed by atoms with van der Waals surface area (Å²) in [6.07, 6.45) is 5.07. The second-order valence-corrected chi connectivity index (χ2v) is 4.49. The zero-order chi connectivity index (χ0) is 13.2. The molecule has 0 fully saturated rings. The molecule has 0 atom stereocenters. The van der Waals surface area contributed by atoms with Crippen molar-refractivity contribution in [3.63, 3.8) is 0 Å². The highest BCUT2D eigenvalue weighted by atomic mass is 16.1. The van der Waals surface area contributed by atoms with E-state index in [0.717, 1.165) is 16.5 Å². The maximum Gasteiger partial charge on any atom is 0.185 e. The van der Waals surface area contributed by atoms with Crippen LogP contribution < -0.4 is 0 Å². The van der Waals surface area contributed by atoms with E-state index in [4.69, 9.17) is 0 Å². The number of Topliss-reactive ketones (excluding diaryl/α,β-unsaturated/α-hetero) is 1. The van der Waals surface area contributed by atoms with Gasteiger partial charge in [0.05, 0.1) is 5.52 Å². The molecule has 0 spiro atoms. The molecular weight excluding hydrogens is 238 g/mol. The zero-order valence-corrected chi connectivity index (χ0v) is 10.6. The third-order valence-electron chi connectivity index (χ3n) is 3.13. The van der Waals surface area contributed by atoms with Gasteiger partial charge in [0.1, 0.15) is 6.54 Å². The maximum absolute atomic E-state index is 12.2. The average molecular weight is 251 g/mol. The first-order valence-electron chi connectivity index (χ1n) is 6.10. The van der Waals surface area contributed by atoms with E-state index in [1.54, 1.807) is 29.3 Å². The molecule has 0 saturated heterocycles. The Kier molecular flexibility index (Phi) is 2.83. The van der Waals surface area contributed by atoms with Gasteiger partial charge in [0.25, 0.3) is 0 Å². The summed E-state index contributed by atoms with van der Waals surface area (Å²) in [5.41, 5.74) is 2.66. The molecule has 0 bridgehead atoms. The van der Waals surface area contributed by atoms with Crippen LogP contribution in [0, 0.1) is 6.92 Å². The van der Waals surface area contributed by atoms with E-state index in [9.17, 15) is 4.79 Å². The summed E-state index contributed by atoms with van der Waals surface area (Å²) in [5, 5.41) is 5.06. The van der Waals surface area contributed by atoms with Gasteiger partial charge >= 0.3 is 0 Å². The molecule has 19 heavy (non-hydrogen) atoms. The molecule has 4 heteroatoms. The van der Waals surface area contributed by atoms with Gasteiger partial charge in [-0.25, -0.2) is 0 Å². The number of aryl methyl sites for hydroxylation is 1. The second kappa shape index (κ2) is 4.65. The molecule has 0 aliphatic carbocycles. The van der Waals surface area contributed by atoms with Crippen LogP contribution >= 0.6 is 0 Å². The van der Waals surface area contributed by atoms with E-state index >= 15 is 0 Å². The maximum atomic E-state index is 12.2. The lowest BCUT2D eigenvalue weighted by Crippen LogP contribution is -2.11. The van der Waals surface area contributed by atoms with Gasteiger partial charge in [-0.1, -0.05) is 12.1 Å². The molecule has 0 unspecified atom stereocenters. The molecule has 3 aromatic rings. The Bertz CT molecular complexity index is 732. The number of carbonyl (C=O) groups is 1. The fraction of sp³-hybridized carbons (Fsp3) is 0.133. The SMILES string of the molecule is Cc1cccc2ncc(C(=O)Cn3cccn3)cc12. The van der Waals surface area contributed by atoms with Crippen molar-refractivity contribution in [2.45, 2.75) is 13.5 Å². The topological polar surface area (TPSA) is 47.8 Å². The third kappa shape index (κ3) is 2.25. The minimum absolute atomic E-state index is 0.0151. The van der Waals surface area contributed by atoms with E-state index in [1.165, 1.54) is 0 Å². The molecule has 0 radical (unpaired) electrons. The predicted octanol–water partition coefficient (Wildman–Crippen LogP) is 2.62. The highest BCUT2D eigenvalue weighted by molar-refractivity contribution is 5.99. The van der Waals surface area contributed by atoms with Crippen LogP contribution in [0.15, 0.2) is 48.9 Å². The van der Waals surface area contributed by atoms with Gasteiger partial charge in [0, 0.05) is 29.5 Å². The van der Waals surface area contributed by atoms with E-state index in [2.05, 4.69) is 10.1 Å². The fourth-order valence-electron chi connectivity index (χ4n) is 2.08. The van der Waals surface area contributed by atoms with Crippen molar-refractivity contribution in [1.29, 1.82) is 0 Å². The Balaban J connectivity index is 1.97. The first kappa shape index (κ1) is 11.6. The van der Waals surface area contributed by atoms with Crippen LogP contribution in [0.1, 0.15) is 15.9 Å². The van der Waals surface area contributed by atoms with Crippen molar-refractivity contribution in [1.82, 2.24) is 14.8 Å². The minimum atomic E-state index is 0.0151. The Morgan fingerprint density at radius 1 is 1.32 bits per heavy atom. The van der Waals surface area contributed by atoms with Crippen molar-refractivity contribution in [3.8, 4) is 0 Å². The normalized spacial score (nSPS) is 10.8. The number of hydrogen-bond donors (Lipinski definition) is 0. The van der Waals surface area contributed by atoms with Crippen LogP contribution in [-0.4, -0.2) is 20.5 Å². The monoisotopic (exact) mass is 251 g/mol. The van der Waals surface area contributed by atoms with Gasteiger partial charge in [-0.05, 0) is 30.7 Å². The summed E-state index contributed by atoms with van der Waals surface area (Å²) in [6.45, 7) is 2.26. The van der Waals surface area contributed by atoms with E-state index in [0.29, 0.717) is 5.56 Å². The summed E-state index contributed by atoms with van der Waals surface area (Å²) in [5.74, 6) is 0.0151. The molecule has 0 amide bonds. The molecule has 0 aliphatic rings. The summed E-state index contributed by atoms with van der Waals surface area (Å²) >= 11 is 0. The van der Waals surface area contributed by atoms with Crippen molar-refractivity contribution in [2.75, 3.05) is 0 Å². The van der Waals surface area contributed by atoms with Crippen molar-refractivity contribution in [3.05, 3.63) is 60.0 Å². The molecule has 0 N–H and O–H groups in total. The van der Waals surface area contributed by atoms with Crippen molar-refractivity contribution in [2.24, 2.45) is 0 Å². The number of pyridine rings is 1. The van der Waals surface area contributed by atoms with Crippen LogP contribution in [0.2, 0.25) is 0 Å². The predicted molar refractivity (Wildman–Crippen MR) is 73.0 cm³/mol. The number of carbonyl (C=O) groups excluding carboxylic acids is 1. The third-order valence-corrected chi connectivity index (χ3v) is 3.13. The zero-order valence-electron chi connectivity index (χ0n) is 10.6. The van der Waals surface area contributed by atoms with E-state index in [1.807, 2.05) is 31.2 Å². The molecule has 4 nitrogen and oxygen atoms in total. The molecular formula is C15H13N3O. The Labute approximate surface area is 110 Å². The molecule has 0 saturated carbocycles. The van der Waals surface area contributed by atoms with E-state index < -0.39 is 0 Å². The standard InChI is InChI=1S/C15H13N3O/c1-11-4-2-5-14-13(11)8-12(9-16-14)15(19)10-18-7-3-6-17-18/h2-9H,10H2,1H3. The van der Waals surface area contributed by atoms with Crippen LogP contribution in [0.4, 0.5) is 0 Å². The summed E-state index contributed by atoms with van der Waals surface area (Å²) < 4.78 is 1.62. The quantitative estimate of drug-likeness (QED) is 0.672. The van der Waals surface area contributed by atoms with Gasteiger partial charge in [0.2, 0.25) is 0 Å². The van der Waals surface area contributed by atoms with Gasteiger partial charge in [0.15, 0.2) is 5.78 Å². The smallest absolute Gasteiger partial charge is 0.185 e. The van der Waals surface area contributed by atoms with E-state index in [-0.39, 0.29) is 12.3 Å². The van der Waals surface area contributed by atoms with Gasteiger partial charge < -0.3 is 0 Å². The van der Waals surface area contributed by atoms with Gasteiger partial charge in [-0.3, -0.25) is 14.5 Å². The van der Waals surface area contributed by atoms with Gasteiger partial charge in [-0.15, -0.1) is 0 Å². The number of hydrogen-bond acceptors (Lipinski definition) is 3. The van der Waals surface area contributed by atoms with Crippen LogP contribution in [0.5, 0.6) is 0 Å². The number of benzene rings is 1. The lowest BCUT2D eigenvalue weighted by Gasteiger charge is -2.05. The van der Waals surface area contributed by atoms with Crippen LogP contribution in [0.3, 0.4) is 0 Å². The lowest BCUT2D eigenvalue weighted by molar-refractivity contribution is 0.0967. The summed E-state index contributed by atoms with van der Waals surface area (Å²) in [7, 11) is 0. The highest BCUT2D eigenvalue weighted by Gasteiger charge is 2.09. The second-order valence-electron chi connectivity index (χ2n) is 4.49. The number of ketones is 1. The molecule has 1 aromatic carbocycles. The highest BCUT2D eigenvalue weighted by Crippen LogP contribution is 2.17. The first-order chi connectivity index (χ1) is 9.24.